The molecule has 1 rings (SSSR count). The van der Waals surface area contributed by atoms with Crippen LogP contribution >= 0.6 is 0 Å². The summed E-state index contributed by atoms with van der Waals surface area (Å²) in [6, 6.07) is 5.79. The Bertz CT molecular complexity index is 396. The standard InChI is InChI=1S/C12H20N2O2S/c1-9(4-5-17(3)15)14-11-6-10(13)7-12(8-11)16-2/h6-9,14H,4-5,13H2,1-3H3. The van der Waals surface area contributed by atoms with Crippen LogP contribution in [-0.4, -0.2) is 29.4 Å². The maximum Gasteiger partial charge on any atom is 0.122 e. The van der Waals surface area contributed by atoms with Crippen molar-refractivity contribution < 1.29 is 8.95 Å². The van der Waals surface area contributed by atoms with E-state index >= 15 is 0 Å². The summed E-state index contributed by atoms with van der Waals surface area (Å²) >= 11 is 0. The molecular formula is C12H20N2O2S. The van der Waals surface area contributed by atoms with E-state index in [-0.39, 0.29) is 6.04 Å². The molecule has 5 heteroatoms. The lowest BCUT2D eigenvalue weighted by Crippen LogP contribution is -2.18. The minimum Gasteiger partial charge on any atom is -0.497 e. The van der Waals surface area contributed by atoms with E-state index in [9.17, 15) is 4.21 Å². The molecule has 2 atom stereocenters. The molecule has 17 heavy (non-hydrogen) atoms. The highest BCUT2D eigenvalue weighted by molar-refractivity contribution is 7.84. The van der Waals surface area contributed by atoms with Crippen LogP contribution in [0.25, 0.3) is 0 Å². The van der Waals surface area contributed by atoms with Crippen molar-refractivity contribution in [1.82, 2.24) is 0 Å². The number of ether oxygens (including phenoxy) is 1. The number of anilines is 2. The first-order chi connectivity index (χ1) is 8.01. The quantitative estimate of drug-likeness (QED) is 0.762. The van der Waals surface area contributed by atoms with Gasteiger partial charge in [0.1, 0.15) is 5.75 Å². The maximum atomic E-state index is 11.0. The summed E-state index contributed by atoms with van der Waals surface area (Å²) in [6.45, 7) is 2.06. The number of rotatable bonds is 6. The average Bonchev–Trinajstić information content (AvgIpc) is 2.25. The Morgan fingerprint density at radius 2 is 2.18 bits per heavy atom. The normalized spacial score (nSPS) is 14.1. The molecule has 0 amide bonds. The highest BCUT2D eigenvalue weighted by atomic mass is 32.2. The zero-order valence-electron chi connectivity index (χ0n) is 10.5. The summed E-state index contributed by atoms with van der Waals surface area (Å²) < 4.78 is 16.1. The minimum absolute atomic E-state index is 0.255. The first-order valence-corrected chi connectivity index (χ1v) is 7.25. The zero-order chi connectivity index (χ0) is 12.8. The van der Waals surface area contributed by atoms with Gasteiger partial charge in [-0.2, -0.15) is 0 Å². The van der Waals surface area contributed by atoms with Crippen LogP contribution in [0.5, 0.6) is 5.75 Å². The molecule has 96 valence electrons. The third-order valence-corrected chi connectivity index (χ3v) is 3.23. The van der Waals surface area contributed by atoms with E-state index in [1.807, 2.05) is 12.1 Å². The van der Waals surface area contributed by atoms with Gasteiger partial charge in [0.15, 0.2) is 0 Å². The Hall–Kier alpha value is -1.23. The fourth-order valence-corrected chi connectivity index (χ4v) is 2.21. The van der Waals surface area contributed by atoms with Crippen LogP contribution in [0.4, 0.5) is 11.4 Å². The fourth-order valence-electron chi connectivity index (χ4n) is 1.52. The van der Waals surface area contributed by atoms with Gasteiger partial charge in [-0.25, -0.2) is 0 Å². The maximum absolute atomic E-state index is 11.0. The van der Waals surface area contributed by atoms with Crippen molar-refractivity contribution in [3.8, 4) is 5.75 Å². The molecule has 3 N–H and O–H groups in total. The molecular weight excluding hydrogens is 236 g/mol. The summed E-state index contributed by atoms with van der Waals surface area (Å²) in [5.74, 6) is 1.44. The van der Waals surface area contributed by atoms with Crippen LogP contribution in [0.3, 0.4) is 0 Å². The Morgan fingerprint density at radius 1 is 1.47 bits per heavy atom. The monoisotopic (exact) mass is 256 g/mol. The lowest BCUT2D eigenvalue weighted by molar-refractivity contribution is 0.415. The SMILES string of the molecule is COc1cc(N)cc(NC(C)CCS(C)=O)c1. The lowest BCUT2D eigenvalue weighted by atomic mass is 10.2. The van der Waals surface area contributed by atoms with Gasteiger partial charge in [0.05, 0.1) is 7.11 Å². The molecule has 1 aromatic carbocycles. The van der Waals surface area contributed by atoms with E-state index in [1.54, 1.807) is 19.4 Å². The molecule has 2 unspecified atom stereocenters. The fraction of sp³-hybridized carbons (Fsp3) is 0.500. The number of hydrogen-bond donors (Lipinski definition) is 2. The number of hydrogen-bond acceptors (Lipinski definition) is 4. The lowest BCUT2D eigenvalue weighted by Gasteiger charge is -2.15. The predicted molar refractivity (Wildman–Crippen MR) is 74.0 cm³/mol. The van der Waals surface area contributed by atoms with Gasteiger partial charge in [0, 0.05) is 52.4 Å². The van der Waals surface area contributed by atoms with Crippen LogP contribution in [0.1, 0.15) is 13.3 Å². The molecule has 0 saturated heterocycles. The van der Waals surface area contributed by atoms with E-state index in [0.717, 1.165) is 17.9 Å². The number of nitrogens with one attached hydrogen (secondary N) is 1. The molecule has 0 bridgehead atoms. The predicted octanol–water partition coefficient (Wildman–Crippen LogP) is 1.85. The van der Waals surface area contributed by atoms with Crippen molar-refractivity contribution in [3.63, 3.8) is 0 Å². The van der Waals surface area contributed by atoms with Crippen molar-refractivity contribution >= 4 is 22.2 Å². The average molecular weight is 256 g/mol. The highest BCUT2D eigenvalue weighted by Gasteiger charge is 2.05. The van der Waals surface area contributed by atoms with Crippen LogP contribution in [0, 0.1) is 0 Å². The molecule has 0 aliphatic heterocycles. The smallest absolute Gasteiger partial charge is 0.122 e. The summed E-state index contributed by atoms with van der Waals surface area (Å²) in [7, 11) is 0.869. The highest BCUT2D eigenvalue weighted by Crippen LogP contribution is 2.23. The first kappa shape index (κ1) is 13.8. The summed E-state index contributed by atoms with van der Waals surface area (Å²) in [5, 5.41) is 3.32. The Morgan fingerprint density at radius 3 is 2.76 bits per heavy atom. The van der Waals surface area contributed by atoms with E-state index in [0.29, 0.717) is 11.4 Å². The summed E-state index contributed by atoms with van der Waals surface area (Å²) in [6.07, 6.45) is 2.58. The van der Waals surface area contributed by atoms with Gasteiger partial charge in [-0.1, -0.05) is 0 Å². The van der Waals surface area contributed by atoms with Crippen molar-refractivity contribution in [3.05, 3.63) is 18.2 Å². The number of methoxy groups -OCH3 is 1. The molecule has 1 aromatic rings. The zero-order valence-corrected chi connectivity index (χ0v) is 11.3. The van der Waals surface area contributed by atoms with Crippen LogP contribution in [-0.2, 0) is 10.8 Å². The first-order valence-electron chi connectivity index (χ1n) is 5.52. The number of nitrogens with two attached hydrogens (primary N) is 1. The van der Waals surface area contributed by atoms with Crippen molar-refractivity contribution in [1.29, 1.82) is 0 Å². The molecule has 0 aliphatic rings. The van der Waals surface area contributed by atoms with Crippen molar-refractivity contribution in [2.24, 2.45) is 0 Å². The second kappa shape index (κ2) is 6.49. The van der Waals surface area contributed by atoms with Crippen molar-refractivity contribution in [2.45, 2.75) is 19.4 Å². The van der Waals surface area contributed by atoms with Gasteiger partial charge < -0.3 is 15.8 Å². The van der Waals surface area contributed by atoms with Gasteiger partial charge in [-0.3, -0.25) is 4.21 Å². The minimum atomic E-state index is -0.744. The largest absolute Gasteiger partial charge is 0.497 e. The Labute approximate surface area is 105 Å². The van der Waals surface area contributed by atoms with Crippen molar-refractivity contribution in [2.75, 3.05) is 30.2 Å². The van der Waals surface area contributed by atoms with Gasteiger partial charge in [-0.05, 0) is 19.4 Å². The van der Waals surface area contributed by atoms with E-state index in [4.69, 9.17) is 10.5 Å². The molecule has 0 fully saturated rings. The Kier molecular flexibility index (Phi) is 5.28. The molecule has 4 nitrogen and oxygen atoms in total. The Balaban J connectivity index is 2.61. The third-order valence-electron chi connectivity index (χ3n) is 2.42. The van der Waals surface area contributed by atoms with Crippen LogP contribution in [0.15, 0.2) is 18.2 Å². The van der Waals surface area contributed by atoms with E-state index in [2.05, 4.69) is 12.2 Å². The van der Waals surface area contributed by atoms with Crippen LogP contribution in [0.2, 0.25) is 0 Å². The van der Waals surface area contributed by atoms with Gasteiger partial charge in [0.25, 0.3) is 0 Å². The molecule has 0 aliphatic carbocycles. The van der Waals surface area contributed by atoms with E-state index < -0.39 is 10.8 Å². The topological polar surface area (TPSA) is 64.3 Å². The second-order valence-corrected chi connectivity index (χ2v) is 5.66. The van der Waals surface area contributed by atoms with Crippen LogP contribution < -0.4 is 15.8 Å². The van der Waals surface area contributed by atoms with Gasteiger partial charge in [0.2, 0.25) is 0 Å². The number of nitrogen functional groups attached to an aromatic ring is 1. The molecule has 0 heterocycles. The summed E-state index contributed by atoms with van der Waals surface area (Å²) in [4.78, 5) is 0. The molecule has 0 saturated carbocycles. The van der Waals surface area contributed by atoms with E-state index in [1.165, 1.54) is 0 Å². The molecule has 0 aromatic heterocycles. The third kappa shape index (κ3) is 5.08. The second-order valence-electron chi connectivity index (χ2n) is 4.11. The number of benzene rings is 1. The molecule has 0 radical (unpaired) electrons. The van der Waals surface area contributed by atoms with Gasteiger partial charge >= 0.3 is 0 Å². The summed E-state index contributed by atoms with van der Waals surface area (Å²) in [5.41, 5.74) is 7.36. The molecule has 0 spiro atoms. The van der Waals surface area contributed by atoms with Gasteiger partial charge in [-0.15, -0.1) is 0 Å².